The van der Waals surface area contributed by atoms with Crippen LogP contribution in [0.5, 0.6) is 0 Å². The minimum Gasteiger partial charge on any atom is -0.395 e. The Morgan fingerprint density at radius 2 is 2.05 bits per heavy atom. The number of anilines is 1. The molecule has 0 radical (unpaired) electrons. The number of carbonyl (C=O) groups is 1. The summed E-state index contributed by atoms with van der Waals surface area (Å²) in [7, 11) is 0. The summed E-state index contributed by atoms with van der Waals surface area (Å²) >= 11 is 0. The fourth-order valence-electron chi connectivity index (χ4n) is 1.78. The lowest BCUT2D eigenvalue weighted by atomic mass is 10.2. The summed E-state index contributed by atoms with van der Waals surface area (Å²) in [5.41, 5.74) is 0.200. The quantitative estimate of drug-likeness (QED) is 0.793. The Kier molecular flexibility index (Phi) is 6.45. The molecule has 0 spiro atoms. The Morgan fingerprint density at radius 3 is 2.63 bits per heavy atom. The number of nitrogens with one attached hydrogen (secondary N) is 1. The largest absolute Gasteiger partial charge is 0.395 e. The molecule has 1 aromatic rings. The second-order valence-electron chi connectivity index (χ2n) is 4.63. The molecule has 0 aliphatic carbocycles. The van der Waals surface area contributed by atoms with Gasteiger partial charge >= 0.3 is 0 Å². The van der Waals surface area contributed by atoms with Gasteiger partial charge < -0.3 is 10.4 Å². The molecule has 0 aliphatic heterocycles. The van der Waals surface area contributed by atoms with Crippen molar-refractivity contribution in [2.75, 3.05) is 25.0 Å². The summed E-state index contributed by atoms with van der Waals surface area (Å²) in [6.07, 6.45) is 0.270. The van der Waals surface area contributed by atoms with E-state index in [1.165, 1.54) is 12.1 Å². The first kappa shape index (κ1) is 15.6. The molecule has 0 heterocycles. The number of benzene rings is 1. The molecule has 0 bridgehead atoms. The number of aliphatic hydroxyl groups excluding tert-OH is 1. The van der Waals surface area contributed by atoms with Crippen molar-refractivity contribution in [2.24, 2.45) is 0 Å². The third kappa shape index (κ3) is 5.36. The maximum atomic E-state index is 13.3. The number of halogens is 1. The molecule has 1 aromatic carbocycles. The predicted octanol–water partition coefficient (Wildman–Crippen LogP) is 1.86. The number of aliphatic hydroxyl groups is 1. The number of nitrogens with zero attached hydrogens (tertiary/aromatic N) is 1. The summed E-state index contributed by atoms with van der Waals surface area (Å²) in [5.74, 6) is -0.666. The molecule has 0 atom stereocenters. The third-order valence-corrected chi connectivity index (χ3v) is 2.89. The van der Waals surface area contributed by atoms with Gasteiger partial charge in [0.05, 0.1) is 12.3 Å². The molecule has 0 saturated heterocycles. The van der Waals surface area contributed by atoms with E-state index in [-0.39, 0.29) is 30.7 Å². The van der Waals surface area contributed by atoms with Gasteiger partial charge in [-0.25, -0.2) is 4.39 Å². The van der Waals surface area contributed by atoms with Gasteiger partial charge in [0, 0.05) is 25.6 Å². The first-order valence-corrected chi connectivity index (χ1v) is 6.44. The van der Waals surface area contributed by atoms with Crippen LogP contribution in [0.25, 0.3) is 0 Å². The number of amides is 1. The number of hydrogen-bond acceptors (Lipinski definition) is 3. The predicted molar refractivity (Wildman–Crippen MR) is 73.4 cm³/mol. The highest BCUT2D eigenvalue weighted by Gasteiger charge is 2.12. The van der Waals surface area contributed by atoms with Crippen LogP contribution in [0.4, 0.5) is 10.1 Å². The first-order valence-electron chi connectivity index (χ1n) is 6.44. The number of rotatable bonds is 7. The van der Waals surface area contributed by atoms with Crippen LogP contribution in [0.15, 0.2) is 24.3 Å². The maximum Gasteiger partial charge on any atom is 0.225 e. The Morgan fingerprint density at radius 1 is 1.37 bits per heavy atom. The Hall–Kier alpha value is -1.46. The lowest BCUT2D eigenvalue weighted by Crippen LogP contribution is -2.36. The first-order chi connectivity index (χ1) is 9.04. The number of hydrogen-bond donors (Lipinski definition) is 2. The minimum atomic E-state index is -0.438. The van der Waals surface area contributed by atoms with Crippen LogP contribution in [0, 0.1) is 5.82 Å². The summed E-state index contributed by atoms with van der Waals surface area (Å²) in [4.78, 5) is 13.7. The molecule has 0 aliphatic rings. The summed E-state index contributed by atoms with van der Waals surface area (Å²) < 4.78 is 13.3. The van der Waals surface area contributed by atoms with E-state index < -0.39 is 5.82 Å². The lowest BCUT2D eigenvalue weighted by Gasteiger charge is -2.25. The van der Waals surface area contributed by atoms with Gasteiger partial charge in [-0.3, -0.25) is 9.69 Å². The van der Waals surface area contributed by atoms with Crippen LogP contribution in [-0.4, -0.2) is 41.7 Å². The van der Waals surface area contributed by atoms with Crippen LogP contribution in [0.1, 0.15) is 20.3 Å². The van der Waals surface area contributed by atoms with Crippen LogP contribution < -0.4 is 5.32 Å². The van der Waals surface area contributed by atoms with Gasteiger partial charge in [0.15, 0.2) is 0 Å². The van der Waals surface area contributed by atoms with E-state index >= 15 is 0 Å². The molecule has 0 unspecified atom stereocenters. The van der Waals surface area contributed by atoms with Crippen LogP contribution >= 0.6 is 0 Å². The van der Waals surface area contributed by atoms with E-state index in [4.69, 9.17) is 5.11 Å². The van der Waals surface area contributed by atoms with Crippen LogP contribution in [-0.2, 0) is 4.79 Å². The molecular weight excluding hydrogens is 247 g/mol. The molecule has 2 N–H and O–H groups in total. The van der Waals surface area contributed by atoms with Crippen LogP contribution in [0.2, 0.25) is 0 Å². The summed E-state index contributed by atoms with van der Waals surface area (Å²) in [6, 6.07) is 6.34. The van der Waals surface area contributed by atoms with Crippen molar-refractivity contribution in [2.45, 2.75) is 26.3 Å². The van der Waals surface area contributed by atoms with Gasteiger partial charge in [-0.15, -0.1) is 0 Å². The van der Waals surface area contributed by atoms with Crippen molar-refractivity contribution in [3.05, 3.63) is 30.1 Å². The van der Waals surface area contributed by atoms with Crippen molar-refractivity contribution >= 4 is 11.6 Å². The fourth-order valence-corrected chi connectivity index (χ4v) is 1.78. The number of carbonyl (C=O) groups excluding carboxylic acids is 1. The SMILES string of the molecule is CC(C)N(CCO)CCC(=O)Nc1ccccc1F. The van der Waals surface area contributed by atoms with Crippen LogP contribution in [0.3, 0.4) is 0 Å². The third-order valence-electron chi connectivity index (χ3n) is 2.89. The minimum absolute atomic E-state index is 0.0626. The molecule has 0 aromatic heterocycles. The molecule has 106 valence electrons. The summed E-state index contributed by atoms with van der Waals surface area (Å²) in [5, 5.41) is 11.5. The van der Waals surface area contributed by atoms with Crippen molar-refractivity contribution < 1.29 is 14.3 Å². The van der Waals surface area contributed by atoms with Gasteiger partial charge in [-0.1, -0.05) is 12.1 Å². The van der Waals surface area contributed by atoms with Gasteiger partial charge in [0.2, 0.25) is 5.91 Å². The molecule has 1 rings (SSSR count). The standard InChI is InChI=1S/C14H21FN2O2/c1-11(2)17(9-10-18)8-7-14(19)16-13-6-4-3-5-12(13)15/h3-6,11,18H,7-10H2,1-2H3,(H,16,19). The van der Waals surface area contributed by atoms with Gasteiger partial charge in [0.25, 0.3) is 0 Å². The van der Waals surface area contributed by atoms with Crippen molar-refractivity contribution in [3.8, 4) is 0 Å². The van der Waals surface area contributed by atoms with Crippen molar-refractivity contribution in [3.63, 3.8) is 0 Å². The summed E-state index contributed by atoms with van der Waals surface area (Å²) in [6.45, 7) is 5.14. The highest BCUT2D eigenvalue weighted by atomic mass is 19.1. The second kappa shape index (κ2) is 7.86. The van der Waals surface area contributed by atoms with Crippen molar-refractivity contribution in [1.29, 1.82) is 0 Å². The van der Waals surface area contributed by atoms with E-state index in [0.717, 1.165) is 0 Å². The molecule has 0 fully saturated rings. The fraction of sp³-hybridized carbons (Fsp3) is 0.500. The van der Waals surface area contributed by atoms with Gasteiger partial charge in [-0.2, -0.15) is 0 Å². The normalized spacial score (nSPS) is 11.1. The monoisotopic (exact) mass is 268 g/mol. The van der Waals surface area contributed by atoms with Gasteiger partial charge in [-0.05, 0) is 26.0 Å². The molecule has 19 heavy (non-hydrogen) atoms. The van der Waals surface area contributed by atoms with E-state index in [9.17, 15) is 9.18 Å². The van der Waals surface area contributed by atoms with E-state index in [1.807, 2.05) is 18.7 Å². The van der Waals surface area contributed by atoms with E-state index in [2.05, 4.69) is 5.32 Å². The van der Waals surface area contributed by atoms with Crippen molar-refractivity contribution in [1.82, 2.24) is 4.90 Å². The average Bonchev–Trinajstić information content (AvgIpc) is 2.37. The zero-order chi connectivity index (χ0) is 14.3. The van der Waals surface area contributed by atoms with Gasteiger partial charge in [0.1, 0.15) is 5.82 Å². The van der Waals surface area contributed by atoms with E-state index in [1.54, 1.807) is 12.1 Å². The Bertz CT molecular complexity index is 410. The Balaban J connectivity index is 2.45. The highest BCUT2D eigenvalue weighted by Crippen LogP contribution is 2.12. The zero-order valence-corrected chi connectivity index (χ0v) is 11.4. The van der Waals surface area contributed by atoms with E-state index in [0.29, 0.717) is 13.1 Å². The molecule has 5 heteroatoms. The number of para-hydroxylation sites is 1. The highest BCUT2D eigenvalue weighted by molar-refractivity contribution is 5.90. The Labute approximate surface area is 113 Å². The molecule has 0 saturated carbocycles. The molecular formula is C14H21FN2O2. The zero-order valence-electron chi connectivity index (χ0n) is 11.4. The average molecular weight is 268 g/mol. The second-order valence-corrected chi connectivity index (χ2v) is 4.63. The topological polar surface area (TPSA) is 52.6 Å². The smallest absolute Gasteiger partial charge is 0.225 e. The molecule has 1 amide bonds. The maximum absolute atomic E-state index is 13.3. The lowest BCUT2D eigenvalue weighted by molar-refractivity contribution is -0.116. The molecule has 4 nitrogen and oxygen atoms in total.